The van der Waals surface area contributed by atoms with Crippen LogP contribution < -0.4 is 9.47 Å². The first kappa shape index (κ1) is 14.8. The molecule has 0 unspecified atom stereocenters. The van der Waals surface area contributed by atoms with Gasteiger partial charge in [0.05, 0.1) is 19.8 Å². The van der Waals surface area contributed by atoms with Gasteiger partial charge in [0.25, 0.3) is 0 Å². The summed E-state index contributed by atoms with van der Waals surface area (Å²) >= 11 is 0. The molecule has 3 heteroatoms. The molecule has 0 saturated heterocycles. The molecule has 0 N–H and O–H groups in total. The van der Waals surface area contributed by atoms with E-state index in [4.69, 9.17) is 9.47 Å². The Labute approximate surface area is 113 Å². The summed E-state index contributed by atoms with van der Waals surface area (Å²) in [6.07, 6.45) is 0. The lowest BCUT2D eigenvalue weighted by Crippen LogP contribution is -1.96. The molecule has 0 atom stereocenters. The fourth-order valence-electron chi connectivity index (χ4n) is 1.49. The van der Waals surface area contributed by atoms with E-state index in [2.05, 4.69) is 0 Å². The molecular weight excluding hydrogens is 240 g/mol. The predicted molar refractivity (Wildman–Crippen MR) is 76.0 cm³/mol. The van der Waals surface area contributed by atoms with Gasteiger partial charge in [0.2, 0.25) is 0 Å². The minimum atomic E-state index is 0.0300. The van der Waals surface area contributed by atoms with Crippen molar-refractivity contribution >= 4 is 5.78 Å². The Balaban J connectivity index is 0.000000200. The number of rotatable bonds is 3. The van der Waals surface area contributed by atoms with Crippen molar-refractivity contribution in [2.75, 3.05) is 14.2 Å². The highest BCUT2D eigenvalue weighted by Crippen LogP contribution is 2.16. The maximum Gasteiger partial charge on any atom is 0.163 e. The van der Waals surface area contributed by atoms with Gasteiger partial charge in [-0.25, -0.2) is 0 Å². The van der Waals surface area contributed by atoms with Crippen molar-refractivity contribution < 1.29 is 14.3 Å². The van der Waals surface area contributed by atoms with Gasteiger partial charge < -0.3 is 9.47 Å². The second-order valence-corrected chi connectivity index (χ2v) is 3.77. The molecule has 2 aromatic carbocycles. The third-order valence-electron chi connectivity index (χ3n) is 2.47. The molecule has 0 aromatic heterocycles. The Morgan fingerprint density at radius 3 is 1.84 bits per heavy atom. The van der Waals surface area contributed by atoms with E-state index in [1.54, 1.807) is 26.4 Å². The minimum absolute atomic E-state index is 0.0300. The maximum atomic E-state index is 10.9. The van der Waals surface area contributed by atoms with E-state index < -0.39 is 0 Å². The van der Waals surface area contributed by atoms with Gasteiger partial charge in [-0.05, 0) is 31.2 Å². The van der Waals surface area contributed by atoms with Gasteiger partial charge in [-0.3, -0.25) is 4.79 Å². The molecular formula is C16H18O3. The molecule has 0 radical (unpaired) electrons. The Bertz CT molecular complexity index is 506. The smallest absolute Gasteiger partial charge is 0.163 e. The quantitative estimate of drug-likeness (QED) is 0.789. The summed E-state index contributed by atoms with van der Waals surface area (Å²) in [5.74, 6) is 1.58. The molecule has 0 aliphatic rings. The molecule has 0 aliphatic heterocycles. The average molecular weight is 258 g/mol. The summed E-state index contributed by atoms with van der Waals surface area (Å²) in [6.45, 7) is 1.53. The minimum Gasteiger partial charge on any atom is -0.497 e. The summed E-state index contributed by atoms with van der Waals surface area (Å²) in [4.78, 5) is 10.9. The number of hydrogen-bond donors (Lipinski definition) is 0. The summed E-state index contributed by atoms with van der Waals surface area (Å²) in [7, 11) is 3.22. The van der Waals surface area contributed by atoms with Crippen LogP contribution in [-0.2, 0) is 0 Å². The number of ether oxygens (including phenoxy) is 2. The van der Waals surface area contributed by atoms with Crippen molar-refractivity contribution in [1.82, 2.24) is 0 Å². The largest absolute Gasteiger partial charge is 0.497 e. The number of Topliss-reactive ketones (excluding diaryl/α,β-unsaturated/α-hetero) is 1. The van der Waals surface area contributed by atoms with E-state index in [9.17, 15) is 4.79 Å². The van der Waals surface area contributed by atoms with Gasteiger partial charge in [-0.15, -0.1) is 0 Å². The van der Waals surface area contributed by atoms with Crippen LogP contribution in [0.1, 0.15) is 17.3 Å². The number of ketones is 1. The molecule has 3 nitrogen and oxygen atoms in total. The van der Waals surface area contributed by atoms with E-state index >= 15 is 0 Å². The van der Waals surface area contributed by atoms with Crippen LogP contribution in [0.15, 0.2) is 54.6 Å². The van der Waals surface area contributed by atoms with Crippen LogP contribution in [0, 0.1) is 0 Å². The van der Waals surface area contributed by atoms with Gasteiger partial charge in [0.1, 0.15) is 11.5 Å². The Hall–Kier alpha value is -2.29. The summed E-state index contributed by atoms with van der Waals surface area (Å²) in [5.41, 5.74) is 0.634. The van der Waals surface area contributed by atoms with E-state index in [0.717, 1.165) is 5.75 Å². The van der Waals surface area contributed by atoms with Crippen LogP contribution in [-0.4, -0.2) is 20.0 Å². The third-order valence-corrected chi connectivity index (χ3v) is 2.47. The maximum absolute atomic E-state index is 10.9. The Morgan fingerprint density at radius 2 is 1.42 bits per heavy atom. The molecule has 100 valence electrons. The molecule has 0 amide bonds. The van der Waals surface area contributed by atoms with Gasteiger partial charge in [-0.1, -0.05) is 30.3 Å². The highest BCUT2D eigenvalue weighted by molar-refractivity contribution is 5.96. The van der Waals surface area contributed by atoms with Crippen LogP contribution in [0.5, 0.6) is 11.5 Å². The summed E-state index contributed by atoms with van der Waals surface area (Å²) < 4.78 is 9.90. The zero-order valence-corrected chi connectivity index (χ0v) is 11.4. The second kappa shape index (κ2) is 7.93. The standard InChI is InChI=1S/C9H10O2.C7H8O/c1-7(10)8-5-3-4-6-9(8)11-2;1-8-7-5-3-2-4-6-7/h3-6H,1-2H3;2-6H,1H3. The number of carbonyl (C=O) groups is 1. The first-order valence-corrected chi connectivity index (χ1v) is 5.92. The summed E-state index contributed by atoms with van der Waals surface area (Å²) in [5, 5.41) is 0. The fourth-order valence-corrected chi connectivity index (χ4v) is 1.49. The number of methoxy groups -OCH3 is 2. The van der Waals surface area contributed by atoms with Gasteiger partial charge >= 0.3 is 0 Å². The third kappa shape index (κ3) is 4.84. The van der Waals surface area contributed by atoms with Crippen molar-refractivity contribution in [2.24, 2.45) is 0 Å². The normalized spacial score (nSPS) is 9.00. The zero-order chi connectivity index (χ0) is 14.1. The highest BCUT2D eigenvalue weighted by atomic mass is 16.5. The van der Waals surface area contributed by atoms with Crippen LogP contribution in [0.2, 0.25) is 0 Å². The summed E-state index contributed by atoms with van der Waals surface area (Å²) in [6, 6.07) is 16.9. The van der Waals surface area contributed by atoms with Crippen molar-refractivity contribution in [2.45, 2.75) is 6.92 Å². The number of carbonyl (C=O) groups excluding carboxylic acids is 1. The molecule has 0 fully saturated rings. The predicted octanol–water partition coefficient (Wildman–Crippen LogP) is 3.59. The molecule has 0 spiro atoms. The van der Waals surface area contributed by atoms with E-state index in [-0.39, 0.29) is 5.78 Å². The highest BCUT2D eigenvalue weighted by Gasteiger charge is 2.04. The van der Waals surface area contributed by atoms with Crippen LogP contribution in [0.3, 0.4) is 0 Å². The van der Waals surface area contributed by atoms with Gasteiger partial charge in [0.15, 0.2) is 5.78 Å². The van der Waals surface area contributed by atoms with Crippen LogP contribution in [0.4, 0.5) is 0 Å². The monoisotopic (exact) mass is 258 g/mol. The van der Waals surface area contributed by atoms with Gasteiger partial charge in [-0.2, -0.15) is 0 Å². The Morgan fingerprint density at radius 1 is 0.842 bits per heavy atom. The van der Waals surface area contributed by atoms with Gasteiger partial charge in [0, 0.05) is 0 Å². The number of hydrogen-bond acceptors (Lipinski definition) is 3. The van der Waals surface area contributed by atoms with E-state index in [0.29, 0.717) is 11.3 Å². The second-order valence-electron chi connectivity index (χ2n) is 3.77. The molecule has 2 aromatic rings. The van der Waals surface area contributed by atoms with Crippen molar-refractivity contribution in [3.05, 3.63) is 60.2 Å². The zero-order valence-electron chi connectivity index (χ0n) is 11.4. The van der Waals surface area contributed by atoms with E-state index in [1.165, 1.54) is 6.92 Å². The lowest BCUT2D eigenvalue weighted by atomic mass is 10.1. The van der Waals surface area contributed by atoms with Crippen LogP contribution in [0.25, 0.3) is 0 Å². The Kier molecular flexibility index (Phi) is 6.16. The first-order chi connectivity index (χ1) is 9.19. The van der Waals surface area contributed by atoms with E-state index in [1.807, 2.05) is 42.5 Å². The van der Waals surface area contributed by atoms with Crippen molar-refractivity contribution in [3.63, 3.8) is 0 Å². The number of para-hydroxylation sites is 2. The molecule has 0 saturated carbocycles. The number of benzene rings is 2. The van der Waals surface area contributed by atoms with Crippen molar-refractivity contribution in [1.29, 1.82) is 0 Å². The lowest BCUT2D eigenvalue weighted by Gasteiger charge is -2.03. The first-order valence-electron chi connectivity index (χ1n) is 5.92. The SMILES string of the molecule is COc1ccccc1.COc1ccccc1C(C)=O. The lowest BCUT2D eigenvalue weighted by molar-refractivity contribution is 0.101. The molecule has 19 heavy (non-hydrogen) atoms. The van der Waals surface area contributed by atoms with Crippen molar-refractivity contribution in [3.8, 4) is 11.5 Å². The molecule has 2 rings (SSSR count). The average Bonchev–Trinajstić information content (AvgIpc) is 2.48. The molecule has 0 heterocycles. The van der Waals surface area contributed by atoms with Crippen LogP contribution >= 0.6 is 0 Å². The molecule has 0 aliphatic carbocycles. The fraction of sp³-hybridized carbons (Fsp3) is 0.188. The molecule has 0 bridgehead atoms. The topological polar surface area (TPSA) is 35.5 Å².